The maximum Gasteiger partial charge on any atom is 0.401 e. The molecule has 1 saturated heterocycles. The fraction of sp³-hybridized carbons (Fsp3) is 1.00. The maximum absolute atomic E-state index is 12.3. The minimum Gasteiger partial charge on any atom is -0.378 e. The molecule has 1 N–H and O–H groups in total. The van der Waals surface area contributed by atoms with Gasteiger partial charge in [-0.25, -0.2) is 0 Å². The normalized spacial score (nSPS) is 23.0. The second-order valence-electron chi connectivity index (χ2n) is 6.60. The van der Waals surface area contributed by atoms with Crippen molar-refractivity contribution in [1.82, 2.24) is 10.2 Å². The average Bonchev–Trinajstić information content (AvgIpc) is 2.48. The molecule has 1 aliphatic carbocycles. The van der Waals surface area contributed by atoms with Gasteiger partial charge in [0.2, 0.25) is 0 Å². The van der Waals surface area contributed by atoms with Gasteiger partial charge in [-0.15, -0.1) is 0 Å². The highest BCUT2D eigenvalue weighted by Gasteiger charge is 2.32. The van der Waals surface area contributed by atoms with Gasteiger partial charge < -0.3 is 10.1 Å². The molecule has 22 heavy (non-hydrogen) atoms. The molecule has 0 atom stereocenters. The zero-order valence-electron chi connectivity index (χ0n) is 13.3. The summed E-state index contributed by atoms with van der Waals surface area (Å²) in [5.74, 6) is 0. The minimum absolute atomic E-state index is 0.360. The van der Waals surface area contributed by atoms with Crippen molar-refractivity contribution >= 4 is 0 Å². The van der Waals surface area contributed by atoms with Crippen LogP contribution in [0.1, 0.15) is 51.4 Å². The molecule has 1 heterocycles. The first-order valence-corrected chi connectivity index (χ1v) is 8.67. The van der Waals surface area contributed by atoms with E-state index >= 15 is 0 Å². The molecule has 1 aliphatic heterocycles. The molecule has 0 aromatic carbocycles. The third-order valence-electron chi connectivity index (χ3n) is 4.65. The molecule has 1 saturated carbocycles. The van der Waals surface area contributed by atoms with Crippen molar-refractivity contribution in [3.8, 4) is 0 Å². The van der Waals surface area contributed by atoms with E-state index in [0.29, 0.717) is 25.2 Å². The van der Waals surface area contributed by atoms with Gasteiger partial charge in [0.15, 0.2) is 0 Å². The van der Waals surface area contributed by atoms with E-state index in [0.717, 1.165) is 32.4 Å². The minimum atomic E-state index is -4.07. The van der Waals surface area contributed by atoms with Gasteiger partial charge in [0.1, 0.15) is 0 Å². The predicted molar refractivity (Wildman–Crippen MR) is 81.0 cm³/mol. The molecule has 0 radical (unpaired) electrons. The number of hydrogen-bond acceptors (Lipinski definition) is 3. The van der Waals surface area contributed by atoms with Crippen LogP contribution in [0.25, 0.3) is 0 Å². The lowest BCUT2D eigenvalue weighted by Crippen LogP contribution is -2.45. The number of halogens is 3. The Morgan fingerprint density at radius 1 is 1.00 bits per heavy atom. The van der Waals surface area contributed by atoms with Crippen LogP contribution in [0.15, 0.2) is 0 Å². The molecule has 0 aromatic heterocycles. The van der Waals surface area contributed by atoms with Gasteiger partial charge in [-0.3, -0.25) is 4.90 Å². The Kier molecular flexibility index (Phi) is 7.44. The van der Waals surface area contributed by atoms with E-state index in [1.807, 2.05) is 0 Å². The van der Waals surface area contributed by atoms with Crippen molar-refractivity contribution in [1.29, 1.82) is 0 Å². The van der Waals surface area contributed by atoms with Crippen molar-refractivity contribution in [3.63, 3.8) is 0 Å². The number of piperidine rings is 1. The van der Waals surface area contributed by atoms with E-state index in [1.165, 1.54) is 37.0 Å². The summed E-state index contributed by atoms with van der Waals surface area (Å²) in [5, 5.41) is 3.45. The third kappa shape index (κ3) is 7.29. The highest BCUT2D eigenvalue weighted by molar-refractivity contribution is 4.78. The van der Waals surface area contributed by atoms with Crippen molar-refractivity contribution < 1.29 is 17.9 Å². The lowest BCUT2D eigenvalue weighted by Gasteiger charge is -2.32. The number of likely N-dealkylation sites (tertiary alicyclic amines) is 1. The first-order valence-electron chi connectivity index (χ1n) is 8.67. The Morgan fingerprint density at radius 2 is 1.68 bits per heavy atom. The fourth-order valence-electron chi connectivity index (χ4n) is 3.41. The van der Waals surface area contributed by atoms with Crippen molar-refractivity contribution in [2.75, 3.05) is 32.8 Å². The number of nitrogens with zero attached hydrogens (tertiary/aromatic N) is 1. The Labute approximate surface area is 131 Å². The van der Waals surface area contributed by atoms with Gasteiger partial charge in [0.25, 0.3) is 0 Å². The van der Waals surface area contributed by atoms with Crippen LogP contribution >= 0.6 is 0 Å². The topological polar surface area (TPSA) is 24.5 Å². The van der Waals surface area contributed by atoms with Gasteiger partial charge in [0.05, 0.1) is 12.6 Å². The van der Waals surface area contributed by atoms with Crippen molar-refractivity contribution in [3.05, 3.63) is 0 Å². The van der Waals surface area contributed by atoms with E-state index in [2.05, 4.69) is 5.32 Å². The van der Waals surface area contributed by atoms with Gasteiger partial charge in [-0.1, -0.05) is 19.3 Å². The molecule has 0 aromatic rings. The second kappa shape index (κ2) is 9.08. The largest absolute Gasteiger partial charge is 0.401 e. The van der Waals surface area contributed by atoms with Crippen LogP contribution in [0.3, 0.4) is 0 Å². The molecule has 0 bridgehead atoms. The van der Waals surface area contributed by atoms with Crippen molar-refractivity contribution in [2.45, 2.75) is 69.7 Å². The molecular weight excluding hydrogens is 293 g/mol. The van der Waals surface area contributed by atoms with Crippen LogP contribution in [-0.4, -0.2) is 56.0 Å². The quantitative estimate of drug-likeness (QED) is 0.728. The third-order valence-corrected chi connectivity index (χ3v) is 4.65. The number of nitrogens with one attached hydrogen (secondary N) is 1. The average molecular weight is 322 g/mol. The van der Waals surface area contributed by atoms with Crippen LogP contribution in [0.4, 0.5) is 13.2 Å². The number of rotatable bonds is 7. The lowest BCUT2D eigenvalue weighted by atomic mass is 9.98. The predicted octanol–water partition coefficient (Wildman–Crippen LogP) is 3.34. The van der Waals surface area contributed by atoms with Gasteiger partial charge in [-0.2, -0.15) is 13.2 Å². The molecule has 6 heteroatoms. The fourth-order valence-corrected chi connectivity index (χ4v) is 3.41. The molecule has 0 amide bonds. The summed E-state index contributed by atoms with van der Waals surface area (Å²) in [6, 6.07) is 0.360. The van der Waals surface area contributed by atoms with Crippen LogP contribution in [0, 0.1) is 0 Å². The summed E-state index contributed by atoms with van der Waals surface area (Å²) in [4.78, 5) is 1.50. The van der Waals surface area contributed by atoms with E-state index in [-0.39, 0.29) is 0 Å². The molecule has 2 fully saturated rings. The van der Waals surface area contributed by atoms with Crippen molar-refractivity contribution in [2.24, 2.45) is 0 Å². The molecule has 0 unspecified atom stereocenters. The molecule has 3 nitrogen and oxygen atoms in total. The highest BCUT2D eigenvalue weighted by atomic mass is 19.4. The van der Waals surface area contributed by atoms with E-state index in [9.17, 15) is 13.2 Å². The standard InChI is InChI=1S/C16H29F3N2O/c17-16(18,19)13-21-10-7-14(8-11-21)20-9-4-12-22-15-5-2-1-3-6-15/h14-15,20H,1-13H2. The molecule has 0 spiro atoms. The van der Waals surface area contributed by atoms with E-state index in [1.54, 1.807) is 0 Å². The summed E-state index contributed by atoms with van der Waals surface area (Å²) in [5.41, 5.74) is 0. The first kappa shape index (κ1) is 18.0. The summed E-state index contributed by atoms with van der Waals surface area (Å²) in [7, 11) is 0. The van der Waals surface area contributed by atoms with Gasteiger partial charge in [0, 0.05) is 12.6 Å². The van der Waals surface area contributed by atoms with Gasteiger partial charge >= 0.3 is 6.18 Å². The van der Waals surface area contributed by atoms with Crippen LogP contribution in [-0.2, 0) is 4.74 Å². The number of hydrogen-bond donors (Lipinski definition) is 1. The lowest BCUT2D eigenvalue weighted by molar-refractivity contribution is -0.148. The molecule has 2 aliphatic rings. The number of ether oxygens (including phenoxy) is 1. The molecule has 2 rings (SSSR count). The van der Waals surface area contributed by atoms with Gasteiger partial charge in [-0.05, 0) is 51.7 Å². The van der Waals surface area contributed by atoms with E-state index in [4.69, 9.17) is 4.74 Å². The summed E-state index contributed by atoms with van der Waals surface area (Å²) >= 11 is 0. The first-order chi connectivity index (χ1) is 10.5. The number of alkyl halides is 3. The summed E-state index contributed by atoms with van der Waals surface area (Å²) in [6.07, 6.45) is 5.30. The van der Waals surface area contributed by atoms with Crippen LogP contribution < -0.4 is 5.32 Å². The highest BCUT2D eigenvalue weighted by Crippen LogP contribution is 2.21. The van der Waals surface area contributed by atoms with E-state index < -0.39 is 12.7 Å². The SMILES string of the molecule is FC(F)(F)CN1CCC(NCCCOC2CCCCC2)CC1. The van der Waals surface area contributed by atoms with Crippen LogP contribution in [0.5, 0.6) is 0 Å². The Bertz CT molecular complexity index is 298. The van der Waals surface area contributed by atoms with Crippen LogP contribution in [0.2, 0.25) is 0 Å². The molecular formula is C16H29F3N2O. The molecule has 130 valence electrons. The zero-order valence-corrected chi connectivity index (χ0v) is 13.3. The Balaban J connectivity index is 1.46. The smallest absolute Gasteiger partial charge is 0.378 e. The second-order valence-corrected chi connectivity index (χ2v) is 6.60. The Morgan fingerprint density at radius 3 is 2.32 bits per heavy atom. The monoisotopic (exact) mass is 322 g/mol. The Hall–Kier alpha value is -0.330. The maximum atomic E-state index is 12.3. The summed E-state index contributed by atoms with van der Waals surface area (Å²) < 4.78 is 42.8. The zero-order chi connectivity index (χ0) is 15.8. The summed E-state index contributed by atoms with van der Waals surface area (Å²) in [6.45, 7) is 2.00.